The van der Waals surface area contributed by atoms with Crippen molar-refractivity contribution in [1.29, 1.82) is 0 Å². The van der Waals surface area contributed by atoms with Gasteiger partial charge in [0.15, 0.2) is 0 Å². The summed E-state index contributed by atoms with van der Waals surface area (Å²) in [5.74, 6) is 0. The monoisotopic (exact) mass is 308 g/mol. The molecule has 0 fully saturated rings. The van der Waals surface area contributed by atoms with Gasteiger partial charge in [0, 0.05) is 15.5 Å². The molecule has 0 amide bonds. The highest BCUT2D eigenvalue weighted by molar-refractivity contribution is 8.00. The third-order valence-electron chi connectivity index (χ3n) is 2.98. The minimum absolute atomic E-state index is 0.0562. The Morgan fingerprint density at radius 3 is 2.30 bits per heavy atom. The van der Waals surface area contributed by atoms with Crippen LogP contribution in [0.1, 0.15) is 11.1 Å². The first-order chi connectivity index (χ1) is 9.27. The lowest BCUT2D eigenvalue weighted by molar-refractivity contribution is 0.596. The molecule has 0 bridgehead atoms. The van der Waals surface area contributed by atoms with E-state index in [2.05, 4.69) is 0 Å². The lowest BCUT2D eigenvalue weighted by atomic mass is 10.1. The third-order valence-corrected chi connectivity index (χ3v) is 5.13. The van der Waals surface area contributed by atoms with E-state index < -0.39 is 10.0 Å². The molecule has 0 aliphatic rings. The van der Waals surface area contributed by atoms with Gasteiger partial charge in [-0.2, -0.15) is 0 Å². The summed E-state index contributed by atoms with van der Waals surface area (Å²) in [6.45, 7) is 4.05. The Hall–Kier alpha value is -1.50. The molecule has 106 valence electrons. The molecule has 20 heavy (non-hydrogen) atoms. The third kappa shape index (κ3) is 3.33. The molecule has 2 aromatic rings. The van der Waals surface area contributed by atoms with Crippen LogP contribution in [0.3, 0.4) is 0 Å². The van der Waals surface area contributed by atoms with Crippen LogP contribution in [-0.4, -0.2) is 8.42 Å². The molecule has 0 heterocycles. The predicted octanol–water partition coefficient (Wildman–Crippen LogP) is 2.68. The van der Waals surface area contributed by atoms with Crippen molar-refractivity contribution < 1.29 is 8.42 Å². The molecule has 0 aliphatic heterocycles. The topological polar surface area (TPSA) is 86.2 Å². The molecular weight excluding hydrogens is 292 g/mol. The van der Waals surface area contributed by atoms with Crippen LogP contribution >= 0.6 is 11.8 Å². The fourth-order valence-electron chi connectivity index (χ4n) is 1.74. The van der Waals surface area contributed by atoms with Crippen molar-refractivity contribution in [3.63, 3.8) is 0 Å². The van der Waals surface area contributed by atoms with Gasteiger partial charge >= 0.3 is 0 Å². The molecule has 0 saturated heterocycles. The van der Waals surface area contributed by atoms with E-state index in [0.29, 0.717) is 10.6 Å². The largest absolute Gasteiger partial charge is 0.399 e. The van der Waals surface area contributed by atoms with E-state index in [1.807, 2.05) is 32.0 Å². The van der Waals surface area contributed by atoms with Crippen LogP contribution < -0.4 is 10.9 Å². The van der Waals surface area contributed by atoms with E-state index in [1.54, 1.807) is 12.1 Å². The molecule has 2 rings (SSSR count). The smallest absolute Gasteiger partial charge is 0.239 e. The van der Waals surface area contributed by atoms with Gasteiger partial charge in [0.25, 0.3) is 0 Å². The Kier molecular flexibility index (Phi) is 4.08. The number of anilines is 1. The highest BCUT2D eigenvalue weighted by Crippen LogP contribution is 2.34. The number of rotatable bonds is 3. The predicted molar refractivity (Wildman–Crippen MR) is 82.3 cm³/mol. The summed E-state index contributed by atoms with van der Waals surface area (Å²) >= 11 is 1.36. The first-order valence-electron chi connectivity index (χ1n) is 5.95. The van der Waals surface area contributed by atoms with Crippen LogP contribution in [0, 0.1) is 13.8 Å². The van der Waals surface area contributed by atoms with Crippen molar-refractivity contribution in [3.8, 4) is 0 Å². The fraction of sp³-hybridized carbons (Fsp3) is 0.143. The summed E-state index contributed by atoms with van der Waals surface area (Å²) in [4.78, 5) is 1.59. The molecule has 0 atom stereocenters. The Morgan fingerprint density at radius 2 is 1.70 bits per heavy atom. The molecular formula is C14H16N2O2S2. The van der Waals surface area contributed by atoms with E-state index in [0.717, 1.165) is 10.5 Å². The molecule has 0 radical (unpaired) electrons. The first-order valence-corrected chi connectivity index (χ1v) is 8.31. The van der Waals surface area contributed by atoms with Gasteiger partial charge in [0.1, 0.15) is 0 Å². The summed E-state index contributed by atoms with van der Waals surface area (Å²) in [5.41, 5.74) is 8.35. The van der Waals surface area contributed by atoms with Crippen molar-refractivity contribution in [3.05, 3.63) is 47.5 Å². The summed E-state index contributed by atoms with van der Waals surface area (Å²) in [5, 5.41) is 5.24. The number of nitrogen functional groups attached to an aromatic ring is 1. The second-order valence-electron chi connectivity index (χ2n) is 4.60. The molecule has 0 aromatic heterocycles. The van der Waals surface area contributed by atoms with Gasteiger partial charge in [0.2, 0.25) is 10.0 Å². The number of primary sulfonamides is 1. The minimum atomic E-state index is -3.80. The van der Waals surface area contributed by atoms with Crippen LogP contribution in [0.2, 0.25) is 0 Å². The zero-order chi connectivity index (χ0) is 14.9. The van der Waals surface area contributed by atoms with Crippen LogP contribution in [0.4, 0.5) is 5.69 Å². The van der Waals surface area contributed by atoms with Gasteiger partial charge in [-0.05, 0) is 55.3 Å². The van der Waals surface area contributed by atoms with Crippen molar-refractivity contribution in [1.82, 2.24) is 0 Å². The number of hydrogen-bond acceptors (Lipinski definition) is 4. The van der Waals surface area contributed by atoms with E-state index >= 15 is 0 Å². The Bertz CT molecular complexity index is 756. The highest BCUT2D eigenvalue weighted by Gasteiger charge is 2.15. The average Bonchev–Trinajstić information content (AvgIpc) is 2.35. The van der Waals surface area contributed by atoms with Gasteiger partial charge in [-0.3, -0.25) is 0 Å². The summed E-state index contributed by atoms with van der Waals surface area (Å²) < 4.78 is 23.3. The fourth-order valence-corrected chi connectivity index (χ4v) is 3.78. The van der Waals surface area contributed by atoms with Crippen molar-refractivity contribution in [2.45, 2.75) is 28.5 Å². The lowest BCUT2D eigenvalue weighted by Crippen LogP contribution is -2.13. The number of benzene rings is 2. The van der Waals surface area contributed by atoms with Gasteiger partial charge in [-0.25, -0.2) is 13.6 Å². The number of nitrogens with two attached hydrogens (primary N) is 2. The van der Waals surface area contributed by atoms with E-state index in [9.17, 15) is 8.42 Å². The molecule has 2 aromatic carbocycles. The number of sulfonamides is 1. The normalized spacial score (nSPS) is 11.6. The van der Waals surface area contributed by atoms with E-state index in [1.165, 1.54) is 23.4 Å². The number of aryl methyl sites for hydroxylation is 2. The van der Waals surface area contributed by atoms with Crippen molar-refractivity contribution in [2.24, 2.45) is 5.14 Å². The number of hydrogen-bond donors (Lipinski definition) is 2. The Morgan fingerprint density at radius 1 is 1.00 bits per heavy atom. The first kappa shape index (κ1) is 14.9. The van der Waals surface area contributed by atoms with Gasteiger partial charge in [-0.15, -0.1) is 0 Å². The van der Waals surface area contributed by atoms with Crippen LogP contribution in [0.25, 0.3) is 0 Å². The second-order valence-corrected chi connectivity index (χ2v) is 7.24. The average molecular weight is 308 g/mol. The van der Waals surface area contributed by atoms with Crippen LogP contribution in [0.5, 0.6) is 0 Å². The molecule has 4 nitrogen and oxygen atoms in total. The maximum atomic E-state index is 11.6. The molecule has 4 N–H and O–H groups in total. The van der Waals surface area contributed by atoms with Crippen LogP contribution in [0.15, 0.2) is 51.1 Å². The Labute approximate surface area is 123 Å². The molecule has 6 heteroatoms. The Balaban J connectivity index is 2.46. The maximum absolute atomic E-state index is 11.6. The van der Waals surface area contributed by atoms with Gasteiger partial charge < -0.3 is 5.73 Å². The maximum Gasteiger partial charge on any atom is 0.239 e. The highest BCUT2D eigenvalue weighted by atomic mass is 32.2. The standard InChI is InChI=1S/C14H16N2O2S2/c1-9-3-5-12(7-10(9)2)19-13-6-4-11(15)8-14(13)20(16,17)18/h3-8H,15H2,1-2H3,(H2,16,17,18). The lowest BCUT2D eigenvalue weighted by Gasteiger charge is -2.09. The van der Waals surface area contributed by atoms with Crippen molar-refractivity contribution in [2.75, 3.05) is 5.73 Å². The molecule has 0 unspecified atom stereocenters. The molecule has 0 saturated carbocycles. The second kappa shape index (κ2) is 5.47. The quantitative estimate of drug-likeness (QED) is 0.854. The van der Waals surface area contributed by atoms with E-state index in [4.69, 9.17) is 10.9 Å². The summed E-state index contributed by atoms with van der Waals surface area (Å²) in [6, 6.07) is 10.7. The SMILES string of the molecule is Cc1ccc(Sc2ccc(N)cc2S(N)(=O)=O)cc1C. The van der Waals surface area contributed by atoms with Crippen LogP contribution in [-0.2, 0) is 10.0 Å². The van der Waals surface area contributed by atoms with E-state index in [-0.39, 0.29) is 4.90 Å². The minimum Gasteiger partial charge on any atom is -0.399 e. The van der Waals surface area contributed by atoms with Crippen molar-refractivity contribution >= 4 is 27.5 Å². The zero-order valence-electron chi connectivity index (χ0n) is 11.3. The molecule has 0 spiro atoms. The van der Waals surface area contributed by atoms with Gasteiger partial charge in [0.05, 0.1) is 4.90 Å². The van der Waals surface area contributed by atoms with Gasteiger partial charge in [-0.1, -0.05) is 17.8 Å². The zero-order valence-corrected chi connectivity index (χ0v) is 12.9. The summed E-state index contributed by atoms with van der Waals surface area (Å²) in [7, 11) is -3.80. The molecule has 0 aliphatic carbocycles. The summed E-state index contributed by atoms with van der Waals surface area (Å²) in [6.07, 6.45) is 0.